The summed E-state index contributed by atoms with van der Waals surface area (Å²) in [7, 11) is 0. The van der Waals surface area contributed by atoms with Crippen molar-refractivity contribution < 1.29 is 19.8 Å². The Morgan fingerprint density at radius 3 is 2.78 bits per heavy atom. The molecule has 0 aliphatic heterocycles. The highest BCUT2D eigenvalue weighted by Gasteiger charge is 2.13. The smallest absolute Gasteiger partial charge is 0.182 e. The van der Waals surface area contributed by atoms with Gasteiger partial charge in [-0.25, -0.2) is 0 Å². The quantitative estimate of drug-likeness (QED) is 0.561. The van der Waals surface area contributed by atoms with Gasteiger partial charge in [-0.15, -0.1) is 0 Å². The number of carbonyl (C=O) groups excluding carboxylic acids is 1. The Bertz CT molecular complexity index is 572. The molecule has 92 valence electrons. The van der Waals surface area contributed by atoms with E-state index in [9.17, 15) is 9.90 Å². The fraction of sp³-hybridized carbons (Fsp3) is 0. The predicted octanol–water partition coefficient (Wildman–Crippen LogP) is 2.15. The molecule has 5 heteroatoms. The Morgan fingerprint density at radius 1 is 1.28 bits per heavy atom. The van der Waals surface area contributed by atoms with E-state index in [1.807, 2.05) is 5.48 Å². The molecular weight excluding hydrogens is 234 g/mol. The van der Waals surface area contributed by atoms with E-state index in [0.717, 1.165) is 0 Å². The molecule has 1 aliphatic rings. The fourth-order valence-corrected chi connectivity index (χ4v) is 1.44. The molecule has 1 aliphatic carbocycles. The van der Waals surface area contributed by atoms with Crippen LogP contribution in [0.5, 0.6) is 11.5 Å². The summed E-state index contributed by atoms with van der Waals surface area (Å²) in [6.45, 7) is 3.73. The summed E-state index contributed by atoms with van der Waals surface area (Å²) < 4.78 is 5.45. The molecule has 0 fully saturated rings. The van der Waals surface area contributed by atoms with Gasteiger partial charge in [0.1, 0.15) is 17.2 Å². The van der Waals surface area contributed by atoms with Gasteiger partial charge < -0.3 is 9.84 Å². The number of anilines is 1. The van der Waals surface area contributed by atoms with Crippen LogP contribution in [0.2, 0.25) is 0 Å². The molecule has 0 amide bonds. The van der Waals surface area contributed by atoms with Crippen LogP contribution in [0.1, 0.15) is 0 Å². The first-order valence-electron chi connectivity index (χ1n) is 5.14. The van der Waals surface area contributed by atoms with Crippen LogP contribution >= 0.6 is 0 Å². The first kappa shape index (κ1) is 11.9. The highest BCUT2D eigenvalue weighted by Crippen LogP contribution is 2.31. The number of aromatic hydroxyl groups is 1. The summed E-state index contributed by atoms with van der Waals surface area (Å²) in [4.78, 5) is 11.2. The van der Waals surface area contributed by atoms with Gasteiger partial charge in [0.15, 0.2) is 11.5 Å². The molecule has 0 radical (unpaired) electrons. The van der Waals surface area contributed by atoms with Crippen LogP contribution in [-0.4, -0.2) is 16.1 Å². The van der Waals surface area contributed by atoms with Gasteiger partial charge in [-0.3, -0.25) is 15.5 Å². The van der Waals surface area contributed by atoms with E-state index in [4.69, 9.17) is 9.94 Å². The minimum Gasteiger partial charge on any atom is -0.508 e. The van der Waals surface area contributed by atoms with Crippen molar-refractivity contribution in [3.05, 3.63) is 54.3 Å². The van der Waals surface area contributed by atoms with Crippen LogP contribution < -0.4 is 10.2 Å². The summed E-state index contributed by atoms with van der Waals surface area (Å²) in [6.07, 6.45) is 4.20. The lowest BCUT2D eigenvalue weighted by atomic mass is 10.1. The van der Waals surface area contributed by atoms with Gasteiger partial charge in [0, 0.05) is 17.7 Å². The zero-order valence-corrected chi connectivity index (χ0v) is 9.38. The Labute approximate surface area is 103 Å². The highest BCUT2D eigenvalue weighted by molar-refractivity contribution is 6.02. The van der Waals surface area contributed by atoms with Gasteiger partial charge in [-0.2, -0.15) is 0 Å². The van der Waals surface area contributed by atoms with E-state index in [2.05, 4.69) is 6.58 Å². The van der Waals surface area contributed by atoms with Crippen molar-refractivity contribution in [1.82, 2.24) is 0 Å². The van der Waals surface area contributed by atoms with E-state index in [1.165, 1.54) is 36.4 Å². The number of phenols is 1. The predicted molar refractivity (Wildman–Crippen MR) is 65.5 cm³/mol. The van der Waals surface area contributed by atoms with Gasteiger partial charge in [-0.1, -0.05) is 6.58 Å². The molecule has 0 saturated heterocycles. The zero-order chi connectivity index (χ0) is 13.1. The topological polar surface area (TPSA) is 78.8 Å². The molecule has 0 atom stereocenters. The number of ether oxygens (including phenoxy) is 1. The molecular formula is C13H11NO4. The third-order valence-electron chi connectivity index (χ3n) is 2.34. The van der Waals surface area contributed by atoms with Gasteiger partial charge in [0.2, 0.25) is 0 Å². The van der Waals surface area contributed by atoms with E-state index < -0.39 is 0 Å². The summed E-state index contributed by atoms with van der Waals surface area (Å²) in [5.74, 6) is 0.224. The van der Waals surface area contributed by atoms with Crippen molar-refractivity contribution >= 4 is 11.5 Å². The number of hydrogen-bond acceptors (Lipinski definition) is 5. The highest BCUT2D eigenvalue weighted by atomic mass is 16.5. The third kappa shape index (κ3) is 2.41. The molecule has 0 aromatic heterocycles. The normalized spacial score (nSPS) is 14.4. The molecule has 2 rings (SSSR count). The van der Waals surface area contributed by atoms with Crippen molar-refractivity contribution in [2.45, 2.75) is 0 Å². The molecule has 0 bridgehead atoms. The molecule has 0 spiro atoms. The number of phenolic OH excluding ortho intramolecular Hbond substituents is 1. The van der Waals surface area contributed by atoms with E-state index >= 15 is 0 Å². The van der Waals surface area contributed by atoms with Crippen molar-refractivity contribution in [1.29, 1.82) is 0 Å². The van der Waals surface area contributed by atoms with E-state index in [1.54, 1.807) is 0 Å². The molecule has 18 heavy (non-hydrogen) atoms. The van der Waals surface area contributed by atoms with Crippen LogP contribution in [0.4, 0.5) is 5.69 Å². The third-order valence-corrected chi connectivity index (χ3v) is 2.34. The molecule has 0 heterocycles. The van der Waals surface area contributed by atoms with Gasteiger partial charge in [-0.05, 0) is 24.3 Å². The second-order valence-corrected chi connectivity index (χ2v) is 3.66. The zero-order valence-electron chi connectivity index (χ0n) is 9.38. The second-order valence-electron chi connectivity index (χ2n) is 3.66. The number of rotatable bonds is 3. The molecule has 1 aromatic carbocycles. The minimum absolute atomic E-state index is 0.0205. The average molecular weight is 245 g/mol. The molecule has 0 saturated carbocycles. The Kier molecular flexibility index (Phi) is 3.16. The van der Waals surface area contributed by atoms with Crippen LogP contribution in [0.25, 0.3) is 0 Å². The minimum atomic E-state index is -0.212. The van der Waals surface area contributed by atoms with Crippen LogP contribution in [0.3, 0.4) is 0 Å². The summed E-state index contributed by atoms with van der Waals surface area (Å²) in [5.41, 5.74) is 2.74. The monoisotopic (exact) mass is 245 g/mol. The van der Waals surface area contributed by atoms with Crippen molar-refractivity contribution in [3.63, 3.8) is 0 Å². The number of allylic oxidation sites excluding steroid dienone is 3. The maximum atomic E-state index is 11.2. The Balaban J connectivity index is 2.31. The van der Waals surface area contributed by atoms with Gasteiger partial charge >= 0.3 is 0 Å². The van der Waals surface area contributed by atoms with Crippen LogP contribution in [0, 0.1) is 0 Å². The maximum Gasteiger partial charge on any atom is 0.182 e. The lowest BCUT2D eigenvalue weighted by Crippen LogP contribution is -2.06. The molecule has 1 aromatic rings. The number of nitrogens with one attached hydrogen (secondary N) is 1. The van der Waals surface area contributed by atoms with E-state index in [0.29, 0.717) is 5.57 Å². The lowest BCUT2D eigenvalue weighted by Gasteiger charge is -2.15. The van der Waals surface area contributed by atoms with Crippen molar-refractivity contribution in [2.75, 3.05) is 5.48 Å². The van der Waals surface area contributed by atoms with Crippen molar-refractivity contribution in [2.24, 2.45) is 0 Å². The van der Waals surface area contributed by atoms with Crippen LogP contribution in [-0.2, 0) is 4.79 Å². The number of carbonyl (C=O) groups is 1. The lowest BCUT2D eigenvalue weighted by molar-refractivity contribution is -0.110. The summed E-state index contributed by atoms with van der Waals surface area (Å²) in [6, 6.07) is 4.14. The standard InChI is InChI=1S/C13H11NO4/c1-8-2-3-9(15)6-12(8)18-13-7-10(16)4-5-11(13)14-17/h2-7,14,16-17H,1H2. The maximum absolute atomic E-state index is 11.2. The fourth-order valence-electron chi connectivity index (χ4n) is 1.44. The first-order chi connectivity index (χ1) is 8.60. The average Bonchev–Trinajstić information content (AvgIpc) is 2.34. The first-order valence-corrected chi connectivity index (χ1v) is 5.14. The number of hydrogen-bond donors (Lipinski definition) is 3. The SMILES string of the molecule is C=C1C=CC(=O)C=C1Oc1cc(O)ccc1NO. The second kappa shape index (κ2) is 4.77. The van der Waals surface area contributed by atoms with Gasteiger partial charge in [0.25, 0.3) is 0 Å². The van der Waals surface area contributed by atoms with Crippen molar-refractivity contribution in [3.8, 4) is 11.5 Å². The summed E-state index contributed by atoms with van der Waals surface area (Å²) >= 11 is 0. The largest absolute Gasteiger partial charge is 0.508 e. The molecule has 5 nitrogen and oxygen atoms in total. The molecule has 3 N–H and O–H groups in total. The van der Waals surface area contributed by atoms with Crippen LogP contribution in [0.15, 0.2) is 54.3 Å². The Hall–Kier alpha value is -2.53. The Morgan fingerprint density at radius 2 is 2.06 bits per heavy atom. The molecule has 0 unspecified atom stereocenters. The number of ketones is 1. The van der Waals surface area contributed by atoms with Gasteiger partial charge in [0.05, 0.1) is 0 Å². The summed E-state index contributed by atoms with van der Waals surface area (Å²) in [5, 5.41) is 18.3. The van der Waals surface area contributed by atoms with E-state index in [-0.39, 0.29) is 28.7 Å². The number of benzene rings is 1.